The van der Waals surface area contributed by atoms with Crippen molar-refractivity contribution in [2.24, 2.45) is 5.92 Å². The molecule has 1 aromatic carbocycles. The van der Waals surface area contributed by atoms with Gasteiger partial charge in [0.05, 0.1) is 12.2 Å². The molecule has 3 heteroatoms. The van der Waals surface area contributed by atoms with Gasteiger partial charge in [-0.25, -0.2) is 4.39 Å². The van der Waals surface area contributed by atoms with E-state index in [2.05, 4.69) is 0 Å². The summed E-state index contributed by atoms with van der Waals surface area (Å²) in [6.07, 6.45) is 1.41. The van der Waals surface area contributed by atoms with Gasteiger partial charge in [-0.05, 0) is 37.0 Å². The van der Waals surface area contributed by atoms with Crippen LogP contribution in [0.5, 0.6) is 0 Å². The molecule has 17 heavy (non-hydrogen) atoms. The summed E-state index contributed by atoms with van der Waals surface area (Å²) < 4.78 is 18.9. The lowest BCUT2D eigenvalue weighted by molar-refractivity contribution is -0.0309. The number of hydrogen-bond donors (Lipinski definition) is 1. The van der Waals surface area contributed by atoms with Gasteiger partial charge in [0.25, 0.3) is 0 Å². The van der Waals surface area contributed by atoms with E-state index in [4.69, 9.17) is 4.74 Å². The Hall–Kier alpha value is -0.930. The van der Waals surface area contributed by atoms with Crippen LogP contribution in [0.1, 0.15) is 30.9 Å². The molecule has 1 fully saturated rings. The first-order valence-corrected chi connectivity index (χ1v) is 6.14. The quantitative estimate of drug-likeness (QED) is 0.877. The Labute approximate surface area is 101 Å². The maximum Gasteiger partial charge on any atom is 0.126 e. The van der Waals surface area contributed by atoms with Crippen molar-refractivity contribution in [2.45, 2.75) is 32.3 Å². The van der Waals surface area contributed by atoms with E-state index in [1.807, 2.05) is 13.0 Å². The number of ether oxygens (including phenoxy) is 1. The first kappa shape index (κ1) is 12.5. The first-order valence-electron chi connectivity index (χ1n) is 6.14. The van der Waals surface area contributed by atoms with E-state index in [0.717, 1.165) is 6.42 Å². The predicted molar refractivity (Wildman–Crippen MR) is 64.3 cm³/mol. The molecule has 1 saturated heterocycles. The van der Waals surface area contributed by atoms with Gasteiger partial charge in [-0.3, -0.25) is 0 Å². The van der Waals surface area contributed by atoms with Gasteiger partial charge in [0.1, 0.15) is 5.82 Å². The minimum absolute atomic E-state index is 0.0645. The lowest BCUT2D eigenvalue weighted by Crippen LogP contribution is -2.35. The zero-order valence-electron chi connectivity index (χ0n) is 10.4. The molecule has 2 nitrogen and oxygen atoms in total. The number of benzene rings is 1. The van der Waals surface area contributed by atoms with Crippen molar-refractivity contribution in [1.82, 2.24) is 0 Å². The van der Waals surface area contributed by atoms with Crippen LogP contribution in [0, 0.1) is 18.7 Å². The average Bonchev–Trinajstić information content (AvgIpc) is 2.86. The van der Waals surface area contributed by atoms with E-state index in [9.17, 15) is 9.50 Å². The fourth-order valence-electron chi connectivity index (χ4n) is 2.50. The van der Waals surface area contributed by atoms with Crippen LogP contribution >= 0.6 is 0 Å². The third-order valence-corrected chi connectivity index (χ3v) is 3.82. The number of rotatable bonds is 3. The Kier molecular flexibility index (Phi) is 3.50. The van der Waals surface area contributed by atoms with Gasteiger partial charge < -0.3 is 9.84 Å². The molecule has 0 aliphatic carbocycles. The van der Waals surface area contributed by atoms with Crippen molar-refractivity contribution in [2.75, 3.05) is 13.2 Å². The Balaban J connectivity index is 2.35. The van der Waals surface area contributed by atoms with Gasteiger partial charge in [0, 0.05) is 12.5 Å². The van der Waals surface area contributed by atoms with Crippen molar-refractivity contribution in [3.8, 4) is 0 Å². The summed E-state index contributed by atoms with van der Waals surface area (Å²) in [5, 5.41) is 10.8. The molecular formula is C14H19FO2. The highest BCUT2D eigenvalue weighted by Crippen LogP contribution is 2.38. The van der Waals surface area contributed by atoms with Crippen LogP contribution < -0.4 is 0 Å². The largest absolute Gasteiger partial charge is 0.385 e. The smallest absolute Gasteiger partial charge is 0.126 e. The summed E-state index contributed by atoms with van der Waals surface area (Å²) in [5.74, 6) is -0.192. The van der Waals surface area contributed by atoms with Gasteiger partial charge >= 0.3 is 0 Å². The predicted octanol–water partition coefficient (Wildman–Crippen LogP) is 2.77. The number of halogens is 1. The standard InChI is InChI=1S/C14H19FO2/c1-3-14(16,12-6-7-17-9-12)11-5-4-10(2)13(15)8-11/h4-5,8,12,16H,3,6-7,9H2,1-2H3. The van der Waals surface area contributed by atoms with Crippen LogP contribution in [-0.4, -0.2) is 18.3 Å². The molecular weight excluding hydrogens is 219 g/mol. The summed E-state index contributed by atoms with van der Waals surface area (Å²) >= 11 is 0. The van der Waals surface area contributed by atoms with Crippen molar-refractivity contribution in [3.63, 3.8) is 0 Å². The molecule has 2 atom stereocenters. The van der Waals surface area contributed by atoms with E-state index in [1.165, 1.54) is 6.07 Å². The number of hydrogen-bond acceptors (Lipinski definition) is 2. The van der Waals surface area contributed by atoms with Crippen LogP contribution in [0.4, 0.5) is 4.39 Å². The molecule has 2 unspecified atom stereocenters. The fraction of sp³-hybridized carbons (Fsp3) is 0.571. The van der Waals surface area contributed by atoms with Crippen LogP contribution in [0.2, 0.25) is 0 Å². The van der Waals surface area contributed by atoms with E-state index in [0.29, 0.717) is 30.8 Å². The van der Waals surface area contributed by atoms with Gasteiger partial charge in [-0.2, -0.15) is 0 Å². The van der Waals surface area contributed by atoms with Crippen LogP contribution in [-0.2, 0) is 10.3 Å². The van der Waals surface area contributed by atoms with E-state index in [1.54, 1.807) is 13.0 Å². The van der Waals surface area contributed by atoms with E-state index < -0.39 is 5.60 Å². The third-order valence-electron chi connectivity index (χ3n) is 3.82. The Morgan fingerprint density at radius 1 is 1.53 bits per heavy atom. The number of aryl methyl sites for hydroxylation is 1. The summed E-state index contributed by atoms with van der Waals surface area (Å²) in [4.78, 5) is 0. The van der Waals surface area contributed by atoms with Crippen LogP contribution in [0.3, 0.4) is 0 Å². The molecule has 0 radical (unpaired) electrons. The molecule has 94 valence electrons. The SMILES string of the molecule is CCC(O)(c1ccc(C)c(F)c1)C1CCOC1. The summed E-state index contributed by atoms with van der Waals surface area (Å²) in [7, 11) is 0. The lowest BCUT2D eigenvalue weighted by atomic mass is 9.78. The monoisotopic (exact) mass is 238 g/mol. The third kappa shape index (κ3) is 2.22. The second-order valence-electron chi connectivity index (χ2n) is 4.80. The topological polar surface area (TPSA) is 29.5 Å². The maximum absolute atomic E-state index is 13.6. The Bertz CT molecular complexity index is 399. The molecule has 2 rings (SSSR count). The highest BCUT2D eigenvalue weighted by atomic mass is 19.1. The normalized spacial score (nSPS) is 23.6. The molecule has 0 saturated carbocycles. The second-order valence-corrected chi connectivity index (χ2v) is 4.80. The molecule has 1 aliphatic rings. The molecule has 1 N–H and O–H groups in total. The number of aliphatic hydroxyl groups is 1. The molecule has 0 spiro atoms. The van der Waals surface area contributed by atoms with Crippen LogP contribution in [0.15, 0.2) is 18.2 Å². The minimum Gasteiger partial charge on any atom is -0.385 e. The van der Waals surface area contributed by atoms with Gasteiger partial charge in [0.2, 0.25) is 0 Å². The summed E-state index contributed by atoms with van der Waals surface area (Å²) in [6.45, 7) is 4.89. The second kappa shape index (κ2) is 4.75. The maximum atomic E-state index is 13.6. The molecule has 0 amide bonds. The highest BCUT2D eigenvalue weighted by Gasteiger charge is 2.39. The highest BCUT2D eigenvalue weighted by molar-refractivity contribution is 5.28. The Morgan fingerprint density at radius 2 is 2.29 bits per heavy atom. The average molecular weight is 238 g/mol. The van der Waals surface area contributed by atoms with Gasteiger partial charge in [-0.15, -0.1) is 0 Å². The first-order chi connectivity index (χ1) is 8.08. The van der Waals surface area contributed by atoms with Gasteiger partial charge in [0.15, 0.2) is 0 Å². The van der Waals surface area contributed by atoms with E-state index >= 15 is 0 Å². The van der Waals surface area contributed by atoms with Crippen molar-refractivity contribution in [3.05, 3.63) is 35.1 Å². The van der Waals surface area contributed by atoms with Gasteiger partial charge in [-0.1, -0.05) is 19.1 Å². The molecule has 1 aliphatic heterocycles. The van der Waals surface area contributed by atoms with Crippen molar-refractivity contribution >= 4 is 0 Å². The van der Waals surface area contributed by atoms with Crippen molar-refractivity contribution in [1.29, 1.82) is 0 Å². The summed E-state index contributed by atoms with van der Waals surface area (Å²) in [5.41, 5.74) is 0.305. The summed E-state index contributed by atoms with van der Waals surface area (Å²) in [6, 6.07) is 5.00. The molecule has 0 bridgehead atoms. The Morgan fingerprint density at radius 3 is 2.82 bits per heavy atom. The minimum atomic E-state index is -0.967. The fourth-order valence-corrected chi connectivity index (χ4v) is 2.50. The van der Waals surface area contributed by atoms with E-state index in [-0.39, 0.29) is 11.7 Å². The lowest BCUT2D eigenvalue weighted by Gasteiger charge is -2.33. The zero-order chi connectivity index (χ0) is 12.5. The zero-order valence-corrected chi connectivity index (χ0v) is 10.4. The molecule has 1 aromatic rings. The van der Waals surface area contributed by atoms with Crippen molar-refractivity contribution < 1.29 is 14.2 Å². The van der Waals surface area contributed by atoms with Crippen LogP contribution in [0.25, 0.3) is 0 Å². The molecule has 0 aromatic heterocycles. The molecule has 1 heterocycles.